The van der Waals surface area contributed by atoms with E-state index < -0.39 is 39.7 Å². The van der Waals surface area contributed by atoms with Gasteiger partial charge >= 0.3 is 16.1 Å². The minimum absolute atomic E-state index is 0.0611. The van der Waals surface area contributed by atoms with Gasteiger partial charge < -0.3 is 8.92 Å². The van der Waals surface area contributed by atoms with Gasteiger partial charge in [0.15, 0.2) is 11.5 Å². The Morgan fingerprint density at radius 2 is 1.90 bits per heavy atom. The molecule has 0 radical (unpaired) electrons. The molecule has 1 saturated heterocycles. The minimum atomic E-state index is -4.23. The first-order chi connectivity index (χ1) is 13.9. The third kappa shape index (κ3) is 4.12. The predicted molar refractivity (Wildman–Crippen MR) is 105 cm³/mol. The SMILES string of the molecule is Cc1ccc(S(=O)(=O)OC2=C(C(=O)OC(C)(C)C)N3C(=O)C(N=[N+]=[N-])C3CC2)cc1. The molecule has 2 atom stereocenters. The summed E-state index contributed by atoms with van der Waals surface area (Å²) in [6.07, 6.45) is 0.339. The summed E-state index contributed by atoms with van der Waals surface area (Å²) in [6.45, 7) is 6.76. The van der Waals surface area contributed by atoms with Gasteiger partial charge in [-0.15, -0.1) is 0 Å². The van der Waals surface area contributed by atoms with Crippen LogP contribution in [0.5, 0.6) is 0 Å². The van der Waals surface area contributed by atoms with Crippen LogP contribution in [-0.4, -0.2) is 42.9 Å². The van der Waals surface area contributed by atoms with Gasteiger partial charge in [0.2, 0.25) is 5.91 Å². The molecule has 0 spiro atoms. The second kappa shape index (κ2) is 7.66. The second-order valence-electron chi connectivity index (χ2n) is 8.09. The van der Waals surface area contributed by atoms with Crippen molar-refractivity contribution < 1.29 is 26.9 Å². The van der Waals surface area contributed by atoms with Crippen LogP contribution in [0, 0.1) is 6.92 Å². The summed E-state index contributed by atoms with van der Waals surface area (Å²) in [5.41, 5.74) is 8.39. The van der Waals surface area contributed by atoms with Gasteiger partial charge in [-0.3, -0.25) is 9.69 Å². The van der Waals surface area contributed by atoms with Crippen LogP contribution in [0.3, 0.4) is 0 Å². The number of carbonyl (C=O) groups excluding carboxylic acids is 2. The highest BCUT2D eigenvalue weighted by Crippen LogP contribution is 2.40. The van der Waals surface area contributed by atoms with Crippen LogP contribution in [0.15, 0.2) is 45.7 Å². The van der Waals surface area contributed by atoms with E-state index >= 15 is 0 Å². The molecule has 160 valence electrons. The van der Waals surface area contributed by atoms with Gasteiger partial charge in [0.25, 0.3) is 0 Å². The van der Waals surface area contributed by atoms with E-state index in [2.05, 4.69) is 10.0 Å². The van der Waals surface area contributed by atoms with Crippen molar-refractivity contribution in [3.8, 4) is 0 Å². The van der Waals surface area contributed by atoms with Crippen LogP contribution in [-0.2, 0) is 28.6 Å². The van der Waals surface area contributed by atoms with Crippen LogP contribution in [0.4, 0.5) is 0 Å². The van der Waals surface area contributed by atoms with Crippen molar-refractivity contribution in [2.45, 2.75) is 63.1 Å². The van der Waals surface area contributed by atoms with Crippen molar-refractivity contribution in [2.24, 2.45) is 5.11 Å². The van der Waals surface area contributed by atoms with Crippen molar-refractivity contribution in [1.29, 1.82) is 0 Å². The molecule has 11 heteroatoms. The molecular formula is C19H22N4O6S. The predicted octanol–water partition coefficient (Wildman–Crippen LogP) is 2.94. The lowest BCUT2D eigenvalue weighted by atomic mass is 9.86. The van der Waals surface area contributed by atoms with Gasteiger partial charge in [-0.2, -0.15) is 8.42 Å². The maximum atomic E-state index is 12.8. The number of aryl methyl sites for hydroxylation is 1. The third-order valence-electron chi connectivity index (χ3n) is 4.65. The van der Waals surface area contributed by atoms with Crippen molar-refractivity contribution >= 4 is 22.0 Å². The van der Waals surface area contributed by atoms with Crippen LogP contribution >= 0.6 is 0 Å². The zero-order valence-electron chi connectivity index (χ0n) is 17.0. The quantitative estimate of drug-likeness (QED) is 0.174. The first kappa shape index (κ1) is 21.7. The highest BCUT2D eigenvalue weighted by atomic mass is 32.2. The van der Waals surface area contributed by atoms with Gasteiger partial charge in [0, 0.05) is 11.3 Å². The number of benzene rings is 1. The molecular weight excluding hydrogens is 412 g/mol. The Bertz CT molecular complexity index is 1070. The molecule has 1 aromatic carbocycles. The van der Waals surface area contributed by atoms with Gasteiger partial charge in [0.05, 0.1) is 6.04 Å². The largest absolute Gasteiger partial charge is 0.455 e. The van der Waals surface area contributed by atoms with E-state index in [-0.39, 0.29) is 29.2 Å². The van der Waals surface area contributed by atoms with Crippen molar-refractivity contribution in [2.75, 3.05) is 0 Å². The molecule has 3 rings (SSSR count). The number of nitrogens with zero attached hydrogens (tertiary/aromatic N) is 4. The van der Waals surface area contributed by atoms with Crippen LogP contribution in [0.25, 0.3) is 10.4 Å². The molecule has 1 fully saturated rings. The molecule has 10 nitrogen and oxygen atoms in total. The lowest BCUT2D eigenvalue weighted by molar-refractivity contribution is -0.161. The minimum Gasteiger partial charge on any atom is -0.455 e. The number of azide groups is 1. The number of carbonyl (C=O) groups is 2. The summed E-state index contributed by atoms with van der Waals surface area (Å²) in [5.74, 6) is -1.66. The number of hydrogen-bond acceptors (Lipinski definition) is 7. The summed E-state index contributed by atoms with van der Waals surface area (Å²) >= 11 is 0. The van der Waals surface area contributed by atoms with E-state index in [4.69, 9.17) is 14.5 Å². The number of esters is 1. The Morgan fingerprint density at radius 1 is 1.27 bits per heavy atom. The van der Waals surface area contributed by atoms with E-state index in [1.54, 1.807) is 32.9 Å². The van der Waals surface area contributed by atoms with E-state index in [0.29, 0.717) is 0 Å². The number of hydrogen-bond donors (Lipinski definition) is 0. The number of β-lactam (4-membered cyclic amide) rings is 1. The molecule has 2 aliphatic heterocycles. The highest BCUT2D eigenvalue weighted by Gasteiger charge is 2.54. The van der Waals surface area contributed by atoms with E-state index in [9.17, 15) is 18.0 Å². The Balaban J connectivity index is 2.01. The molecule has 0 aromatic heterocycles. The maximum absolute atomic E-state index is 12.8. The molecule has 2 heterocycles. The molecule has 30 heavy (non-hydrogen) atoms. The smallest absolute Gasteiger partial charge is 0.359 e. The Kier molecular flexibility index (Phi) is 5.53. The molecule has 2 unspecified atom stereocenters. The number of ether oxygens (including phenoxy) is 1. The van der Waals surface area contributed by atoms with Crippen molar-refractivity contribution in [3.05, 3.63) is 51.7 Å². The zero-order valence-corrected chi connectivity index (χ0v) is 17.8. The zero-order chi connectivity index (χ0) is 22.3. The molecule has 0 bridgehead atoms. The molecule has 0 aliphatic carbocycles. The summed E-state index contributed by atoms with van der Waals surface area (Å²) < 4.78 is 36.2. The lowest BCUT2D eigenvalue weighted by Gasteiger charge is -2.48. The highest BCUT2D eigenvalue weighted by molar-refractivity contribution is 7.86. The first-order valence-electron chi connectivity index (χ1n) is 9.29. The third-order valence-corrected chi connectivity index (χ3v) is 5.92. The van der Waals surface area contributed by atoms with Gasteiger partial charge in [-0.25, -0.2) is 4.79 Å². The normalized spacial score (nSPS) is 21.3. The molecule has 1 amide bonds. The Hall–Kier alpha value is -3.04. The number of allylic oxidation sites excluding steroid dienone is 1. The van der Waals surface area contributed by atoms with Gasteiger partial charge in [-0.05, 0) is 51.8 Å². The van der Waals surface area contributed by atoms with Crippen molar-refractivity contribution in [3.63, 3.8) is 0 Å². The maximum Gasteiger partial charge on any atom is 0.359 e. The monoisotopic (exact) mass is 434 g/mol. The second-order valence-corrected chi connectivity index (χ2v) is 9.63. The fourth-order valence-electron chi connectivity index (χ4n) is 3.31. The summed E-state index contributed by atoms with van der Waals surface area (Å²) in [6, 6.07) is 4.56. The fraction of sp³-hybridized carbons (Fsp3) is 0.474. The van der Waals surface area contributed by atoms with Gasteiger partial charge in [-0.1, -0.05) is 22.8 Å². The number of fused-ring (bicyclic) bond motifs is 1. The first-order valence-corrected chi connectivity index (χ1v) is 10.7. The van der Waals surface area contributed by atoms with E-state index in [1.807, 2.05) is 6.92 Å². The van der Waals surface area contributed by atoms with E-state index in [0.717, 1.165) is 10.5 Å². The molecule has 0 N–H and O–H groups in total. The Labute approximate surface area is 174 Å². The Morgan fingerprint density at radius 3 is 2.47 bits per heavy atom. The topological polar surface area (TPSA) is 139 Å². The van der Waals surface area contributed by atoms with Crippen LogP contribution < -0.4 is 0 Å². The summed E-state index contributed by atoms with van der Waals surface area (Å²) in [4.78, 5) is 29.0. The number of rotatable bonds is 5. The average Bonchev–Trinajstić information content (AvgIpc) is 2.64. The summed E-state index contributed by atoms with van der Waals surface area (Å²) in [7, 11) is -4.23. The van der Waals surface area contributed by atoms with E-state index in [1.165, 1.54) is 12.1 Å². The molecule has 0 saturated carbocycles. The molecule has 1 aromatic rings. The van der Waals surface area contributed by atoms with Crippen LogP contribution in [0.2, 0.25) is 0 Å². The standard InChI is InChI=1S/C19H22N4O6S/c1-11-5-7-12(8-6-11)30(26,27)29-14-10-9-13-15(21-22-20)17(24)23(13)16(14)18(25)28-19(2,3)4/h5-8,13,15H,9-10H2,1-4H3. The van der Waals surface area contributed by atoms with Crippen LogP contribution in [0.1, 0.15) is 39.2 Å². The molecule has 2 aliphatic rings. The lowest BCUT2D eigenvalue weighted by Crippen LogP contribution is -2.65. The van der Waals surface area contributed by atoms with Crippen molar-refractivity contribution in [1.82, 2.24) is 4.90 Å². The van der Waals surface area contributed by atoms with Gasteiger partial charge in [0.1, 0.15) is 16.5 Å². The fourth-order valence-corrected chi connectivity index (χ4v) is 4.30. The summed E-state index contributed by atoms with van der Waals surface area (Å²) in [5, 5.41) is 3.47. The average molecular weight is 434 g/mol. The number of amides is 1.